The summed E-state index contributed by atoms with van der Waals surface area (Å²) in [6.07, 6.45) is 2.65. The maximum atomic E-state index is 10.7. The molecule has 0 saturated carbocycles. The number of carboxylic acids is 1. The van der Waals surface area contributed by atoms with E-state index in [-0.39, 0.29) is 0 Å². The third kappa shape index (κ3) is 3.29. The fourth-order valence-electron chi connectivity index (χ4n) is 1.43. The van der Waals surface area contributed by atoms with Gasteiger partial charge in [-0.1, -0.05) is 6.07 Å². The van der Waals surface area contributed by atoms with Crippen molar-refractivity contribution in [1.29, 1.82) is 0 Å². The van der Waals surface area contributed by atoms with Crippen LogP contribution >= 0.6 is 0 Å². The maximum Gasteiger partial charge on any atom is 0.308 e. The Hall–Kier alpha value is -1.46. The van der Waals surface area contributed by atoms with Gasteiger partial charge in [0.15, 0.2) is 0 Å². The van der Waals surface area contributed by atoms with Crippen LogP contribution in [0.3, 0.4) is 0 Å². The Morgan fingerprint density at radius 1 is 1.62 bits per heavy atom. The Morgan fingerprint density at radius 2 is 2.31 bits per heavy atom. The second-order valence-corrected chi connectivity index (χ2v) is 3.85. The van der Waals surface area contributed by atoms with Gasteiger partial charge in [0.1, 0.15) is 0 Å². The number of aliphatic carboxylic acids is 1. The van der Waals surface area contributed by atoms with E-state index in [0.717, 1.165) is 5.56 Å². The minimum absolute atomic E-state index is 0.409. The molecule has 1 aromatic heterocycles. The van der Waals surface area contributed by atoms with Crippen LogP contribution in [0.15, 0.2) is 24.5 Å². The molecule has 5 heteroatoms. The van der Waals surface area contributed by atoms with Crippen molar-refractivity contribution in [2.75, 3.05) is 0 Å². The lowest BCUT2D eigenvalue weighted by atomic mass is 9.94. The monoisotopic (exact) mass is 224 g/mol. The van der Waals surface area contributed by atoms with E-state index in [0.29, 0.717) is 6.42 Å². The van der Waals surface area contributed by atoms with Crippen LogP contribution in [0.4, 0.5) is 0 Å². The summed E-state index contributed by atoms with van der Waals surface area (Å²) in [7, 11) is 0. The van der Waals surface area contributed by atoms with E-state index >= 15 is 0 Å². The van der Waals surface area contributed by atoms with Crippen LogP contribution in [-0.2, 0) is 11.2 Å². The number of aromatic nitrogens is 1. The van der Waals surface area contributed by atoms with Gasteiger partial charge in [0.2, 0.25) is 0 Å². The first-order valence-electron chi connectivity index (χ1n) is 5.07. The van der Waals surface area contributed by atoms with E-state index in [1.165, 1.54) is 6.92 Å². The normalized spacial score (nSPS) is 16.4. The predicted molar refractivity (Wildman–Crippen MR) is 58.7 cm³/mol. The minimum Gasteiger partial charge on any atom is -0.481 e. The molecular weight excluding hydrogens is 208 g/mol. The minimum atomic E-state index is -1.06. The lowest BCUT2D eigenvalue weighted by molar-refractivity contribution is -0.145. The number of hydrogen-bond donors (Lipinski definition) is 3. The van der Waals surface area contributed by atoms with Crippen molar-refractivity contribution in [2.45, 2.75) is 25.5 Å². The number of rotatable bonds is 5. The van der Waals surface area contributed by atoms with E-state index in [1.54, 1.807) is 18.5 Å². The molecule has 0 aliphatic rings. The standard InChI is InChI=1S/C11H16N2O3/c1-7(11(15)16)10(14)9(12)5-8-3-2-4-13-6-8/h2-4,6-7,9-10,14H,5,12H2,1H3,(H,15,16). The zero-order valence-corrected chi connectivity index (χ0v) is 9.08. The Bertz CT molecular complexity index is 342. The van der Waals surface area contributed by atoms with E-state index in [2.05, 4.69) is 4.98 Å². The predicted octanol–water partition coefficient (Wildman–Crippen LogP) is 0.0330. The zero-order valence-electron chi connectivity index (χ0n) is 9.08. The van der Waals surface area contributed by atoms with Gasteiger partial charge in [-0.25, -0.2) is 0 Å². The van der Waals surface area contributed by atoms with E-state index in [9.17, 15) is 9.90 Å². The summed E-state index contributed by atoms with van der Waals surface area (Å²) in [5.74, 6) is -1.92. The number of carboxylic acid groups (broad SMARTS) is 1. The highest BCUT2D eigenvalue weighted by Crippen LogP contribution is 2.10. The number of nitrogens with zero attached hydrogens (tertiary/aromatic N) is 1. The van der Waals surface area contributed by atoms with Crippen molar-refractivity contribution < 1.29 is 15.0 Å². The number of nitrogens with two attached hydrogens (primary N) is 1. The average molecular weight is 224 g/mol. The number of pyridine rings is 1. The van der Waals surface area contributed by atoms with Crippen molar-refractivity contribution in [3.05, 3.63) is 30.1 Å². The second-order valence-electron chi connectivity index (χ2n) is 3.85. The van der Waals surface area contributed by atoms with Crippen molar-refractivity contribution in [3.63, 3.8) is 0 Å². The van der Waals surface area contributed by atoms with Crippen LogP contribution in [0.2, 0.25) is 0 Å². The van der Waals surface area contributed by atoms with E-state index < -0.39 is 24.0 Å². The molecular formula is C11H16N2O3. The summed E-state index contributed by atoms with van der Waals surface area (Å²) < 4.78 is 0. The molecule has 0 spiro atoms. The summed E-state index contributed by atoms with van der Waals surface area (Å²) >= 11 is 0. The molecule has 16 heavy (non-hydrogen) atoms. The summed E-state index contributed by atoms with van der Waals surface area (Å²) in [4.78, 5) is 14.6. The first-order valence-corrected chi connectivity index (χ1v) is 5.07. The van der Waals surface area contributed by atoms with Gasteiger partial charge in [-0.3, -0.25) is 9.78 Å². The molecule has 1 aromatic rings. The zero-order chi connectivity index (χ0) is 12.1. The number of aliphatic hydroxyl groups is 1. The molecule has 5 nitrogen and oxygen atoms in total. The molecule has 0 bridgehead atoms. The molecule has 3 unspecified atom stereocenters. The highest BCUT2D eigenvalue weighted by atomic mass is 16.4. The summed E-state index contributed by atoms with van der Waals surface area (Å²) in [5, 5.41) is 18.4. The molecule has 1 heterocycles. The van der Waals surface area contributed by atoms with E-state index in [1.807, 2.05) is 6.07 Å². The Kier molecular flexibility index (Phi) is 4.39. The fraction of sp³-hybridized carbons (Fsp3) is 0.455. The fourth-order valence-corrected chi connectivity index (χ4v) is 1.43. The van der Waals surface area contributed by atoms with Crippen molar-refractivity contribution in [3.8, 4) is 0 Å². The Morgan fingerprint density at radius 3 is 2.81 bits per heavy atom. The molecule has 4 N–H and O–H groups in total. The lowest BCUT2D eigenvalue weighted by Crippen LogP contribution is -2.43. The molecule has 0 saturated heterocycles. The van der Waals surface area contributed by atoms with Gasteiger partial charge in [0, 0.05) is 18.4 Å². The topological polar surface area (TPSA) is 96.4 Å². The molecule has 0 aromatic carbocycles. The molecule has 0 aliphatic carbocycles. The first kappa shape index (κ1) is 12.6. The summed E-state index contributed by atoms with van der Waals surface area (Å²) in [5.41, 5.74) is 6.63. The molecule has 0 fully saturated rings. The van der Waals surface area contributed by atoms with Crippen LogP contribution in [-0.4, -0.2) is 33.3 Å². The van der Waals surface area contributed by atoms with Gasteiger partial charge >= 0.3 is 5.97 Å². The van der Waals surface area contributed by atoms with Crippen molar-refractivity contribution in [2.24, 2.45) is 11.7 Å². The van der Waals surface area contributed by atoms with E-state index in [4.69, 9.17) is 10.8 Å². The largest absolute Gasteiger partial charge is 0.481 e. The summed E-state index contributed by atoms with van der Waals surface area (Å²) in [6.45, 7) is 1.44. The van der Waals surface area contributed by atoms with Crippen molar-refractivity contribution in [1.82, 2.24) is 4.98 Å². The lowest BCUT2D eigenvalue weighted by Gasteiger charge is -2.21. The molecule has 1 rings (SSSR count). The van der Waals surface area contributed by atoms with Gasteiger partial charge in [0.05, 0.1) is 12.0 Å². The Balaban J connectivity index is 2.58. The first-order chi connectivity index (χ1) is 7.52. The quantitative estimate of drug-likeness (QED) is 0.655. The number of aliphatic hydroxyl groups excluding tert-OH is 1. The second kappa shape index (κ2) is 5.58. The smallest absolute Gasteiger partial charge is 0.308 e. The van der Waals surface area contributed by atoms with Gasteiger partial charge in [-0.15, -0.1) is 0 Å². The van der Waals surface area contributed by atoms with Crippen LogP contribution in [0, 0.1) is 5.92 Å². The Labute approximate surface area is 93.9 Å². The van der Waals surface area contributed by atoms with Crippen LogP contribution in [0.25, 0.3) is 0 Å². The van der Waals surface area contributed by atoms with Crippen molar-refractivity contribution >= 4 is 5.97 Å². The average Bonchev–Trinajstić information content (AvgIpc) is 2.28. The summed E-state index contributed by atoms with van der Waals surface area (Å²) in [6, 6.07) is 3.01. The third-order valence-corrected chi connectivity index (χ3v) is 2.53. The molecule has 0 aliphatic heterocycles. The maximum absolute atomic E-state index is 10.7. The van der Waals surface area contributed by atoms with Gasteiger partial charge in [-0.2, -0.15) is 0 Å². The van der Waals surface area contributed by atoms with Crippen LogP contribution in [0.1, 0.15) is 12.5 Å². The molecule has 88 valence electrons. The molecule has 0 radical (unpaired) electrons. The highest BCUT2D eigenvalue weighted by molar-refractivity contribution is 5.70. The van der Waals surface area contributed by atoms with Crippen LogP contribution < -0.4 is 5.73 Å². The van der Waals surface area contributed by atoms with Gasteiger partial charge in [0.25, 0.3) is 0 Å². The number of carbonyl (C=O) groups is 1. The van der Waals surface area contributed by atoms with Crippen LogP contribution in [0.5, 0.6) is 0 Å². The third-order valence-electron chi connectivity index (χ3n) is 2.53. The molecule has 0 amide bonds. The SMILES string of the molecule is CC(C(=O)O)C(O)C(N)Cc1cccnc1. The number of hydrogen-bond acceptors (Lipinski definition) is 4. The highest BCUT2D eigenvalue weighted by Gasteiger charge is 2.26. The molecule has 3 atom stereocenters. The van der Waals surface area contributed by atoms with Gasteiger partial charge in [-0.05, 0) is 25.0 Å². The van der Waals surface area contributed by atoms with Gasteiger partial charge < -0.3 is 15.9 Å².